The molecule has 174 valence electrons. The van der Waals surface area contributed by atoms with Crippen LogP contribution >= 0.6 is 0 Å². The predicted molar refractivity (Wildman–Crippen MR) is 136 cm³/mol. The first-order chi connectivity index (χ1) is 16.8. The van der Waals surface area contributed by atoms with Crippen molar-refractivity contribution in [2.45, 2.75) is 38.6 Å². The number of benzene rings is 4. The van der Waals surface area contributed by atoms with Crippen LogP contribution in [0.2, 0.25) is 0 Å². The van der Waals surface area contributed by atoms with Crippen molar-refractivity contribution >= 4 is 10.8 Å². The predicted octanol–water partition coefficient (Wildman–Crippen LogP) is 6.31. The third kappa shape index (κ3) is 5.46. The SMILES string of the molecule is Fc1ccccc1COc1ccc2ccccc2c1CNC1CCN(Cc2ccccc2)CC1. The molecule has 1 fully saturated rings. The molecule has 1 N–H and O–H groups in total. The van der Waals surface area contributed by atoms with E-state index < -0.39 is 0 Å². The number of piperidine rings is 1. The van der Waals surface area contributed by atoms with E-state index in [1.165, 1.54) is 22.4 Å². The van der Waals surface area contributed by atoms with E-state index in [1.54, 1.807) is 12.1 Å². The van der Waals surface area contributed by atoms with Crippen LogP contribution in [-0.4, -0.2) is 24.0 Å². The van der Waals surface area contributed by atoms with Crippen LogP contribution in [0.3, 0.4) is 0 Å². The first-order valence-corrected chi connectivity index (χ1v) is 12.1. The smallest absolute Gasteiger partial charge is 0.129 e. The monoisotopic (exact) mass is 454 g/mol. The molecule has 0 radical (unpaired) electrons. The van der Waals surface area contributed by atoms with Gasteiger partial charge in [0.25, 0.3) is 0 Å². The van der Waals surface area contributed by atoms with Gasteiger partial charge < -0.3 is 10.1 Å². The summed E-state index contributed by atoms with van der Waals surface area (Å²) in [4.78, 5) is 2.54. The Balaban J connectivity index is 1.24. The van der Waals surface area contributed by atoms with Crippen molar-refractivity contribution in [3.05, 3.63) is 114 Å². The van der Waals surface area contributed by atoms with Gasteiger partial charge in [-0.2, -0.15) is 0 Å². The lowest BCUT2D eigenvalue weighted by Gasteiger charge is -2.32. The van der Waals surface area contributed by atoms with Gasteiger partial charge in [-0.15, -0.1) is 0 Å². The third-order valence-corrected chi connectivity index (χ3v) is 6.74. The van der Waals surface area contributed by atoms with Crippen LogP contribution in [0.15, 0.2) is 91.0 Å². The fourth-order valence-electron chi connectivity index (χ4n) is 4.79. The Morgan fingerprint density at radius 3 is 2.38 bits per heavy atom. The number of fused-ring (bicyclic) bond motifs is 1. The summed E-state index contributed by atoms with van der Waals surface area (Å²) in [6, 6.07) is 30.5. The lowest BCUT2D eigenvalue weighted by Crippen LogP contribution is -2.41. The summed E-state index contributed by atoms with van der Waals surface area (Å²) in [5.41, 5.74) is 3.09. The summed E-state index contributed by atoms with van der Waals surface area (Å²) >= 11 is 0. The molecule has 4 aromatic carbocycles. The van der Waals surface area contributed by atoms with E-state index in [0.717, 1.165) is 50.3 Å². The Bertz CT molecular complexity index is 1220. The molecule has 1 heterocycles. The minimum atomic E-state index is -0.231. The standard InChI is InChI=1S/C30H31FN2O/c31-29-13-7-5-11-25(29)22-34-30-15-14-24-10-4-6-12-27(24)28(30)20-32-26-16-18-33(19-17-26)21-23-8-2-1-3-9-23/h1-15,26,32H,16-22H2. The van der Waals surface area contributed by atoms with Gasteiger partial charge in [0.2, 0.25) is 0 Å². The van der Waals surface area contributed by atoms with E-state index in [9.17, 15) is 4.39 Å². The number of hydrogen-bond donors (Lipinski definition) is 1. The summed E-state index contributed by atoms with van der Waals surface area (Å²) in [7, 11) is 0. The van der Waals surface area contributed by atoms with Crippen molar-refractivity contribution < 1.29 is 9.13 Å². The fraction of sp³-hybridized carbons (Fsp3) is 0.267. The Kier molecular flexibility index (Phi) is 7.18. The second kappa shape index (κ2) is 10.8. The van der Waals surface area contributed by atoms with Crippen molar-refractivity contribution in [3.63, 3.8) is 0 Å². The highest BCUT2D eigenvalue weighted by Gasteiger charge is 2.20. The molecule has 1 aliphatic heterocycles. The molecule has 34 heavy (non-hydrogen) atoms. The largest absolute Gasteiger partial charge is 0.488 e. The van der Waals surface area contributed by atoms with Crippen LogP contribution < -0.4 is 10.1 Å². The molecule has 1 aliphatic rings. The van der Waals surface area contributed by atoms with Gasteiger partial charge in [-0.05, 0) is 54.4 Å². The van der Waals surface area contributed by atoms with E-state index in [4.69, 9.17) is 4.74 Å². The number of ether oxygens (including phenoxy) is 1. The summed E-state index contributed by atoms with van der Waals surface area (Å²) in [6.07, 6.45) is 2.26. The number of nitrogens with one attached hydrogen (secondary N) is 1. The molecule has 0 aliphatic carbocycles. The lowest BCUT2D eigenvalue weighted by atomic mass is 10.0. The number of nitrogens with zero attached hydrogens (tertiary/aromatic N) is 1. The van der Waals surface area contributed by atoms with E-state index >= 15 is 0 Å². The first kappa shape index (κ1) is 22.6. The second-order valence-electron chi connectivity index (χ2n) is 9.06. The number of rotatable bonds is 8. The molecular formula is C30H31FN2O. The van der Waals surface area contributed by atoms with E-state index in [2.05, 4.69) is 70.9 Å². The highest BCUT2D eigenvalue weighted by atomic mass is 19.1. The molecule has 0 atom stereocenters. The van der Waals surface area contributed by atoms with Gasteiger partial charge in [-0.25, -0.2) is 4.39 Å². The molecule has 5 rings (SSSR count). The quantitative estimate of drug-likeness (QED) is 0.338. The molecule has 0 spiro atoms. The molecular weight excluding hydrogens is 423 g/mol. The zero-order valence-electron chi connectivity index (χ0n) is 19.4. The van der Waals surface area contributed by atoms with E-state index in [1.807, 2.05) is 12.1 Å². The maximum Gasteiger partial charge on any atom is 0.129 e. The van der Waals surface area contributed by atoms with Crippen LogP contribution in [0.5, 0.6) is 5.75 Å². The summed E-state index contributed by atoms with van der Waals surface area (Å²) in [5.74, 6) is 0.584. The molecule has 0 saturated carbocycles. The van der Waals surface area contributed by atoms with Gasteiger partial charge in [-0.1, -0.05) is 78.9 Å². The number of likely N-dealkylation sites (tertiary alicyclic amines) is 1. The van der Waals surface area contributed by atoms with Gasteiger partial charge in [-0.3, -0.25) is 4.90 Å². The van der Waals surface area contributed by atoms with Crippen LogP contribution in [0, 0.1) is 5.82 Å². The minimum absolute atomic E-state index is 0.218. The Morgan fingerprint density at radius 2 is 1.56 bits per heavy atom. The topological polar surface area (TPSA) is 24.5 Å². The van der Waals surface area contributed by atoms with Crippen molar-refractivity contribution in [3.8, 4) is 5.75 Å². The number of halogens is 1. The first-order valence-electron chi connectivity index (χ1n) is 12.1. The molecule has 0 amide bonds. The average Bonchev–Trinajstić information content (AvgIpc) is 2.88. The number of hydrogen-bond acceptors (Lipinski definition) is 3. The Labute approximate surface area is 201 Å². The molecule has 4 aromatic rings. The van der Waals surface area contributed by atoms with Gasteiger partial charge >= 0.3 is 0 Å². The van der Waals surface area contributed by atoms with Crippen molar-refractivity contribution in [2.24, 2.45) is 0 Å². The van der Waals surface area contributed by atoms with Gasteiger partial charge in [0.15, 0.2) is 0 Å². The van der Waals surface area contributed by atoms with Crippen molar-refractivity contribution in [2.75, 3.05) is 13.1 Å². The van der Waals surface area contributed by atoms with Crippen LogP contribution in [0.25, 0.3) is 10.8 Å². The molecule has 3 nitrogen and oxygen atoms in total. The summed E-state index contributed by atoms with van der Waals surface area (Å²) in [6.45, 7) is 4.16. The van der Waals surface area contributed by atoms with E-state index in [-0.39, 0.29) is 12.4 Å². The minimum Gasteiger partial charge on any atom is -0.488 e. The van der Waals surface area contributed by atoms with Gasteiger partial charge in [0.05, 0.1) is 0 Å². The average molecular weight is 455 g/mol. The molecule has 1 saturated heterocycles. The van der Waals surface area contributed by atoms with Gasteiger partial charge in [0.1, 0.15) is 18.2 Å². The second-order valence-corrected chi connectivity index (χ2v) is 9.06. The third-order valence-electron chi connectivity index (χ3n) is 6.74. The van der Waals surface area contributed by atoms with Crippen LogP contribution in [-0.2, 0) is 19.7 Å². The molecule has 0 unspecified atom stereocenters. The van der Waals surface area contributed by atoms with Crippen molar-refractivity contribution in [1.29, 1.82) is 0 Å². The molecule has 4 heteroatoms. The molecule has 0 aromatic heterocycles. The normalized spacial score (nSPS) is 15.0. The maximum atomic E-state index is 14.1. The Hall–Kier alpha value is -3.21. The van der Waals surface area contributed by atoms with Gasteiger partial charge in [0, 0.05) is 30.3 Å². The highest BCUT2D eigenvalue weighted by Crippen LogP contribution is 2.29. The fourth-order valence-corrected chi connectivity index (χ4v) is 4.79. The highest BCUT2D eigenvalue weighted by molar-refractivity contribution is 5.87. The zero-order valence-corrected chi connectivity index (χ0v) is 19.4. The van der Waals surface area contributed by atoms with Crippen LogP contribution in [0.4, 0.5) is 4.39 Å². The summed E-state index contributed by atoms with van der Waals surface area (Å²) in [5, 5.41) is 6.16. The van der Waals surface area contributed by atoms with Crippen LogP contribution in [0.1, 0.15) is 29.5 Å². The summed E-state index contributed by atoms with van der Waals surface area (Å²) < 4.78 is 20.3. The zero-order chi connectivity index (χ0) is 23.2. The molecule has 0 bridgehead atoms. The lowest BCUT2D eigenvalue weighted by molar-refractivity contribution is 0.190. The maximum absolute atomic E-state index is 14.1. The Morgan fingerprint density at radius 1 is 0.824 bits per heavy atom. The van der Waals surface area contributed by atoms with E-state index in [0.29, 0.717) is 11.6 Å². The van der Waals surface area contributed by atoms with Crippen molar-refractivity contribution in [1.82, 2.24) is 10.2 Å².